The van der Waals surface area contributed by atoms with E-state index in [0.717, 1.165) is 49.2 Å². The van der Waals surface area contributed by atoms with Gasteiger partial charge in [0.2, 0.25) is 5.95 Å². The van der Waals surface area contributed by atoms with Crippen LogP contribution in [0.2, 0.25) is 0 Å². The molecule has 0 aliphatic carbocycles. The Labute approximate surface area is 143 Å². The number of hydrogen-bond donors (Lipinski definition) is 0. The molecule has 0 N–H and O–H groups in total. The van der Waals surface area contributed by atoms with Gasteiger partial charge >= 0.3 is 0 Å². The zero-order chi connectivity index (χ0) is 17.1. The van der Waals surface area contributed by atoms with Gasteiger partial charge in [0.1, 0.15) is 5.82 Å². The maximum absolute atomic E-state index is 5.43. The summed E-state index contributed by atoms with van der Waals surface area (Å²) in [6.45, 7) is 1.85. The number of methoxy groups -OCH3 is 2. The third-order valence-corrected chi connectivity index (χ3v) is 4.36. The highest BCUT2D eigenvalue weighted by molar-refractivity contribution is 5.50. The maximum atomic E-state index is 5.43. The molecule has 2 heterocycles. The molecule has 3 rings (SSSR count). The number of rotatable bonds is 4. The van der Waals surface area contributed by atoms with Crippen LogP contribution in [0.25, 0.3) is 0 Å². The fourth-order valence-electron chi connectivity index (χ4n) is 3.01. The van der Waals surface area contributed by atoms with Gasteiger partial charge in [-0.1, -0.05) is 0 Å². The Hall–Kier alpha value is -2.50. The summed E-state index contributed by atoms with van der Waals surface area (Å²) in [6, 6.07) is 6.18. The van der Waals surface area contributed by atoms with Crippen LogP contribution >= 0.6 is 0 Å². The molecule has 2 aromatic rings. The van der Waals surface area contributed by atoms with E-state index in [1.54, 1.807) is 14.2 Å². The van der Waals surface area contributed by atoms with Gasteiger partial charge in [0.15, 0.2) is 11.5 Å². The molecule has 1 aromatic heterocycles. The Balaban J connectivity index is 1.84. The normalized spacial score (nSPS) is 13.9. The van der Waals surface area contributed by atoms with Gasteiger partial charge in [-0.15, -0.1) is 0 Å². The maximum Gasteiger partial charge on any atom is 0.226 e. The number of hydrogen-bond acceptors (Lipinski definition) is 6. The smallest absolute Gasteiger partial charge is 0.226 e. The molecule has 0 saturated carbocycles. The molecule has 0 unspecified atom stereocenters. The third-order valence-electron chi connectivity index (χ3n) is 4.36. The summed E-state index contributed by atoms with van der Waals surface area (Å²) in [5, 5.41) is 0. The fourth-order valence-corrected chi connectivity index (χ4v) is 3.01. The molecule has 1 aromatic carbocycles. The Morgan fingerprint density at radius 2 is 1.58 bits per heavy atom. The Morgan fingerprint density at radius 3 is 2.08 bits per heavy atom. The van der Waals surface area contributed by atoms with Crippen molar-refractivity contribution in [1.82, 2.24) is 9.97 Å². The van der Waals surface area contributed by atoms with Gasteiger partial charge in [-0.05, 0) is 42.2 Å². The van der Waals surface area contributed by atoms with Crippen molar-refractivity contribution < 1.29 is 9.47 Å². The highest BCUT2D eigenvalue weighted by Crippen LogP contribution is 2.32. The summed E-state index contributed by atoms with van der Waals surface area (Å²) < 4.78 is 10.9. The van der Waals surface area contributed by atoms with Gasteiger partial charge in [0.25, 0.3) is 0 Å². The van der Waals surface area contributed by atoms with E-state index in [2.05, 4.69) is 27.0 Å². The van der Waals surface area contributed by atoms with Gasteiger partial charge < -0.3 is 19.3 Å². The van der Waals surface area contributed by atoms with Crippen LogP contribution in [0.4, 0.5) is 11.8 Å². The Morgan fingerprint density at radius 1 is 1.00 bits per heavy atom. The summed E-state index contributed by atoms with van der Waals surface area (Å²) in [7, 11) is 7.26. The van der Waals surface area contributed by atoms with E-state index in [9.17, 15) is 0 Å². The van der Waals surface area contributed by atoms with Crippen LogP contribution in [0.1, 0.15) is 11.1 Å². The predicted octanol–water partition coefficient (Wildman–Crippen LogP) is 2.17. The first-order chi connectivity index (χ1) is 11.6. The molecular weight excluding hydrogens is 304 g/mol. The summed E-state index contributed by atoms with van der Waals surface area (Å²) in [5.41, 5.74) is 2.63. The zero-order valence-corrected chi connectivity index (χ0v) is 14.7. The molecule has 0 atom stereocenters. The van der Waals surface area contributed by atoms with Crippen molar-refractivity contribution in [3.8, 4) is 11.5 Å². The molecule has 1 aliphatic heterocycles. The third kappa shape index (κ3) is 3.22. The lowest BCUT2D eigenvalue weighted by Gasteiger charge is -2.22. The lowest BCUT2D eigenvalue weighted by atomic mass is 10.0. The van der Waals surface area contributed by atoms with Crippen LogP contribution in [0.15, 0.2) is 24.4 Å². The van der Waals surface area contributed by atoms with Crippen molar-refractivity contribution in [1.29, 1.82) is 0 Å². The number of fused-ring (bicyclic) bond motifs is 1. The molecule has 6 nitrogen and oxygen atoms in total. The van der Waals surface area contributed by atoms with Gasteiger partial charge in [0.05, 0.1) is 14.2 Å². The quantitative estimate of drug-likeness (QED) is 0.857. The molecule has 0 spiro atoms. The van der Waals surface area contributed by atoms with E-state index >= 15 is 0 Å². The van der Waals surface area contributed by atoms with Crippen molar-refractivity contribution in [2.45, 2.75) is 12.8 Å². The number of aromatic nitrogens is 2. The Bertz CT molecular complexity index is 683. The topological polar surface area (TPSA) is 50.7 Å². The van der Waals surface area contributed by atoms with E-state index in [0.29, 0.717) is 0 Å². The second kappa shape index (κ2) is 6.95. The SMILES string of the molecule is COc1cc2c(cc1OC)CCN(c1ccnc(N(C)C)n1)CC2. The van der Waals surface area contributed by atoms with Crippen LogP contribution in [0, 0.1) is 0 Å². The number of nitrogens with zero attached hydrogens (tertiary/aromatic N) is 4. The zero-order valence-electron chi connectivity index (χ0n) is 14.7. The molecule has 128 valence electrons. The number of ether oxygens (including phenoxy) is 2. The second-order valence-electron chi connectivity index (χ2n) is 6.07. The average molecular weight is 328 g/mol. The lowest BCUT2D eigenvalue weighted by molar-refractivity contribution is 0.354. The number of anilines is 2. The summed E-state index contributed by atoms with van der Waals surface area (Å²) in [6.07, 6.45) is 3.73. The molecular formula is C18H24N4O2. The first-order valence-electron chi connectivity index (χ1n) is 8.11. The Kier molecular flexibility index (Phi) is 4.74. The highest BCUT2D eigenvalue weighted by atomic mass is 16.5. The van der Waals surface area contributed by atoms with Crippen LogP contribution in [-0.2, 0) is 12.8 Å². The van der Waals surface area contributed by atoms with E-state index in [4.69, 9.17) is 9.47 Å². The molecule has 1 aliphatic rings. The van der Waals surface area contributed by atoms with Crippen molar-refractivity contribution in [2.75, 3.05) is 51.2 Å². The second-order valence-corrected chi connectivity index (χ2v) is 6.07. The largest absolute Gasteiger partial charge is 0.493 e. The average Bonchev–Trinajstić information content (AvgIpc) is 2.82. The van der Waals surface area contributed by atoms with Gasteiger partial charge in [0, 0.05) is 33.4 Å². The van der Waals surface area contributed by atoms with Crippen molar-refractivity contribution in [3.63, 3.8) is 0 Å². The van der Waals surface area contributed by atoms with Crippen molar-refractivity contribution >= 4 is 11.8 Å². The first kappa shape index (κ1) is 16.4. The molecule has 0 radical (unpaired) electrons. The molecule has 6 heteroatoms. The van der Waals surface area contributed by atoms with Gasteiger partial charge in [-0.2, -0.15) is 4.98 Å². The van der Waals surface area contributed by atoms with E-state index in [1.807, 2.05) is 31.3 Å². The predicted molar refractivity (Wildman–Crippen MR) is 95.5 cm³/mol. The lowest BCUT2D eigenvalue weighted by Crippen LogP contribution is -2.27. The number of benzene rings is 1. The van der Waals surface area contributed by atoms with Gasteiger partial charge in [-0.3, -0.25) is 0 Å². The van der Waals surface area contributed by atoms with E-state index < -0.39 is 0 Å². The minimum Gasteiger partial charge on any atom is -0.493 e. The summed E-state index contributed by atoms with van der Waals surface area (Å²) in [4.78, 5) is 13.2. The summed E-state index contributed by atoms with van der Waals surface area (Å²) in [5.74, 6) is 3.29. The standard InChI is InChI=1S/C18H24N4O2/c1-21(2)18-19-8-5-17(20-18)22-9-6-13-11-15(23-3)16(24-4)12-14(13)7-10-22/h5,8,11-12H,6-7,9-10H2,1-4H3. The molecule has 0 bridgehead atoms. The monoisotopic (exact) mass is 328 g/mol. The highest BCUT2D eigenvalue weighted by Gasteiger charge is 2.18. The van der Waals surface area contributed by atoms with Crippen molar-refractivity contribution in [2.24, 2.45) is 0 Å². The molecule has 0 amide bonds. The van der Waals surface area contributed by atoms with Crippen LogP contribution in [-0.4, -0.2) is 51.4 Å². The van der Waals surface area contributed by atoms with Crippen LogP contribution in [0.3, 0.4) is 0 Å². The molecule has 0 fully saturated rings. The fraction of sp³-hybridized carbons (Fsp3) is 0.444. The van der Waals surface area contributed by atoms with E-state index in [-0.39, 0.29) is 0 Å². The summed E-state index contributed by atoms with van der Waals surface area (Å²) >= 11 is 0. The molecule has 24 heavy (non-hydrogen) atoms. The van der Waals surface area contributed by atoms with Crippen LogP contribution < -0.4 is 19.3 Å². The minimum atomic E-state index is 0.734. The minimum absolute atomic E-state index is 0.734. The molecule has 0 saturated heterocycles. The van der Waals surface area contributed by atoms with Crippen molar-refractivity contribution in [3.05, 3.63) is 35.5 Å². The first-order valence-corrected chi connectivity index (χ1v) is 8.11. The van der Waals surface area contributed by atoms with E-state index in [1.165, 1.54) is 11.1 Å². The van der Waals surface area contributed by atoms with Gasteiger partial charge in [-0.25, -0.2) is 4.98 Å². The van der Waals surface area contributed by atoms with Crippen LogP contribution in [0.5, 0.6) is 11.5 Å².